The van der Waals surface area contributed by atoms with Crippen molar-refractivity contribution in [1.29, 1.82) is 0 Å². The normalized spacial score (nSPS) is 19.4. The average molecular weight is 308 g/mol. The second-order valence-corrected chi connectivity index (χ2v) is 6.61. The summed E-state index contributed by atoms with van der Waals surface area (Å²) in [5.41, 5.74) is 0.696. The number of piperidine rings is 1. The first-order valence-electron chi connectivity index (χ1n) is 7.53. The van der Waals surface area contributed by atoms with E-state index in [1.807, 2.05) is 24.3 Å². The summed E-state index contributed by atoms with van der Waals surface area (Å²) < 4.78 is 0. The highest BCUT2D eigenvalue weighted by Gasteiger charge is 2.19. The minimum atomic E-state index is -0.00678. The molecule has 116 valence electrons. The first-order chi connectivity index (χ1) is 10.2. The molecule has 1 atom stereocenters. The monoisotopic (exact) mass is 308 g/mol. The minimum absolute atomic E-state index is 0.00678. The molecule has 0 spiro atoms. The number of thioether (sulfide) groups is 1. The van der Waals surface area contributed by atoms with E-state index in [4.69, 9.17) is 5.11 Å². The van der Waals surface area contributed by atoms with Crippen molar-refractivity contribution in [2.24, 2.45) is 0 Å². The third-order valence-corrected chi connectivity index (χ3v) is 4.89. The van der Waals surface area contributed by atoms with Gasteiger partial charge in [-0.3, -0.25) is 4.79 Å². The van der Waals surface area contributed by atoms with Gasteiger partial charge in [0.05, 0.1) is 6.61 Å². The fraction of sp³-hybridized carbons (Fsp3) is 0.562. The summed E-state index contributed by atoms with van der Waals surface area (Å²) in [6, 6.07) is 8.02. The minimum Gasteiger partial charge on any atom is -0.396 e. The number of carbonyl (C=O) groups excluding carboxylic acids is 1. The Hall–Kier alpha value is -1.04. The number of aliphatic hydroxyl groups is 1. The topological polar surface area (TPSA) is 52.6 Å². The Balaban J connectivity index is 1.82. The summed E-state index contributed by atoms with van der Waals surface area (Å²) in [5, 5.41) is 11.8. The molecule has 2 N–H and O–H groups in total. The zero-order valence-electron chi connectivity index (χ0n) is 12.5. The second-order valence-electron chi connectivity index (χ2n) is 5.44. The van der Waals surface area contributed by atoms with Crippen LogP contribution in [0.2, 0.25) is 0 Å². The predicted molar refractivity (Wildman–Crippen MR) is 86.9 cm³/mol. The number of likely N-dealkylation sites (tertiary alicyclic amines) is 1. The van der Waals surface area contributed by atoms with Crippen LogP contribution in [0.25, 0.3) is 0 Å². The van der Waals surface area contributed by atoms with Crippen molar-refractivity contribution in [3.05, 3.63) is 29.8 Å². The SMILES string of the molecule is CN1CCCC[C@H]1CNC(=O)c1ccc(SCCO)cc1. The molecule has 0 radical (unpaired) electrons. The molecule has 0 saturated carbocycles. The van der Waals surface area contributed by atoms with Crippen LogP contribution in [-0.4, -0.2) is 54.5 Å². The van der Waals surface area contributed by atoms with Gasteiger partial charge in [-0.1, -0.05) is 6.42 Å². The first-order valence-corrected chi connectivity index (χ1v) is 8.51. The van der Waals surface area contributed by atoms with Gasteiger partial charge >= 0.3 is 0 Å². The number of hydrogen-bond acceptors (Lipinski definition) is 4. The van der Waals surface area contributed by atoms with Crippen LogP contribution < -0.4 is 5.32 Å². The number of amides is 1. The van der Waals surface area contributed by atoms with Gasteiger partial charge in [0, 0.05) is 28.8 Å². The maximum absolute atomic E-state index is 12.1. The van der Waals surface area contributed by atoms with Crippen LogP contribution in [-0.2, 0) is 0 Å². The quantitative estimate of drug-likeness (QED) is 0.789. The van der Waals surface area contributed by atoms with Crippen LogP contribution in [0, 0.1) is 0 Å². The molecule has 1 fully saturated rings. The molecule has 1 aliphatic rings. The molecule has 0 unspecified atom stereocenters. The zero-order valence-corrected chi connectivity index (χ0v) is 13.4. The van der Waals surface area contributed by atoms with Crippen molar-refractivity contribution < 1.29 is 9.90 Å². The van der Waals surface area contributed by atoms with Crippen molar-refractivity contribution in [2.75, 3.05) is 32.5 Å². The van der Waals surface area contributed by atoms with E-state index in [2.05, 4.69) is 17.3 Å². The van der Waals surface area contributed by atoms with Crippen LogP contribution in [0.1, 0.15) is 29.6 Å². The second kappa shape index (κ2) is 8.41. The van der Waals surface area contributed by atoms with Gasteiger partial charge in [-0.25, -0.2) is 0 Å². The highest BCUT2D eigenvalue weighted by Crippen LogP contribution is 2.18. The number of hydrogen-bond donors (Lipinski definition) is 2. The van der Waals surface area contributed by atoms with Crippen LogP contribution in [0.5, 0.6) is 0 Å². The lowest BCUT2D eigenvalue weighted by Crippen LogP contribution is -2.44. The van der Waals surface area contributed by atoms with Gasteiger partial charge in [0.1, 0.15) is 0 Å². The van der Waals surface area contributed by atoms with Gasteiger partial charge < -0.3 is 15.3 Å². The molecule has 1 aliphatic heterocycles. The number of aliphatic hydroxyl groups excluding tert-OH is 1. The van der Waals surface area contributed by atoms with E-state index in [0.29, 0.717) is 17.4 Å². The van der Waals surface area contributed by atoms with E-state index in [-0.39, 0.29) is 12.5 Å². The van der Waals surface area contributed by atoms with Crippen molar-refractivity contribution in [3.63, 3.8) is 0 Å². The summed E-state index contributed by atoms with van der Waals surface area (Å²) in [6.45, 7) is 2.01. The highest BCUT2D eigenvalue weighted by atomic mass is 32.2. The summed E-state index contributed by atoms with van der Waals surface area (Å²) in [6.07, 6.45) is 3.67. The molecule has 0 bridgehead atoms. The molecule has 5 heteroatoms. The highest BCUT2D eigenvalue weighted by molar-refractivity contribution is 7.99. The number of nitrogens with zero attached hydrogens (tertiary/aromatic N) is 1. The van der Waals surface area contributed by atoms with Crippen molar-refractivity contribution >= 4 is 17.7 Å². The molecule has 1 amide bonds. The van der Waals surface area contributed by atoms with E-state index in [1.54, 1.807) is 11.8 Å². The molecule has 21 heavy (non-hydrogen) atoms. The largest absolute Gasteiger partial charge is 0.396 e. The summed E-state index contributed by atoms with van der Waals surface area (Å²) >= 11 is 1.59. The number of benzene rings is 1. The summed E-state index contributed by atoms with van der Waals surface area (Å²) in [5.74, 6) is 0.673. The Morgan fingerprint density at radius 3 is 2.81 bits per heavy atom. The molecular weight excluding hydrogens is 284 g/mol. The molecule has 1 saturated heterocycles. The average Bonchev–Trinajstić information content (AvgIpc) is 2.52. The van der Waals surface area contributed by atoms with E-state index >= 15 is 0 Å². The lowest BCUT2D eigenvalue weighted by Gasteiger charge is -2.32. The lowest BCUT2D eigenvalue weighted by molar-refractivity contribution is 0.0928. The standard InChI is InChI=1S/C16H24N2O2S/c1-18-9-3-2-4-14(18)12-17-16(20)13-5-7-15(8-6-13)21-11-10-19/h5-8,14,19H,2-4,9-12H2,1H3,(H,17,20)/t14-/m0/s1. The molecule has 1 aromatic carbocycles. The third-order valence-electron chi connectivity index (χ3n) is 3.90. The molecule has 4 nitrogen and oxygen atoms in total. The van der Waals surface area contributed by atoms with Crippen LogP contribution in [0.15, 0.2) is 29.2 Å². The smallest absolute Gasteiger partial charge is 0.251 e. The summed E-state index contributed by atoms with van der Waals surface area (Å²) in [7, 11) is 2.13. The Morgan fingerprint density at radius 1 is 1.38 bits per heavy atom. The summed E-state index contributed by atoms with van der Waals surface area (Å²) in [4.78, 5) is 15.6. The molecule has 1 aromatic rings. The Kier molecular flexibility index (Phi) is 6.54. The molecule has 0 aromatic heterocycles. The van der Waals surface area contributed by atoms with Crippen molar-refractivity contribution in [2.45, 2.75) is 30.2 Å². The van der Waals surface area contributed by atoms with Gasteiger partial charge in [-0.15, -0.1) is 11.8 Å². The maximum Gasteiger partial charge on any atom is 0.251 e. The predicted octanol–water partition coefficient (Wildman–Crippen LogP) is 1.99. The van der Waals surface area contributed by atoms with Gasteiger partial charge in [-0.05, 0) is 50.7 Å². The first kappa shape index (κ1) is 16.3. The van der Waals surface area contributed by atoms with E-state index in [9.17, 15) is 4.79 Å². The Morgan fingerprint density at radius 2 is 2.14 bits per heavy atom. The number of likely N-dealkylation sites (N-methyl/N-ethyl adjacent to an activating group) is 1. The number of carbonyl (C=O) groups is 1. The van der Waals surface area contributed by atoms with Gasteiger partial charge in [0.25, 0.3) is 5.91 Å². The van der Waals surface area contributed by atoms with Crippen molar-refractivity contribution in [1.82, 2.24) is 10.2 Å². The molecule has 0 aliphatic carbocycles. The van der Waals surface area contributed by atoms with Crippen LogP contribution in [0.4, 0.5) is 0 Å². The number of rotatable bonds is 6. The van der Waals surface area contributed by atoms with Gasteiger partial charge in [0.2, 0.25) is 0 Å². The fourth-order valence-corrected chi connectivity index (χ4v) is 3.24. The maximum atomic E-state index is 12.1. The van der Waals surface area contributed by atoms with E-state index in [1.165, 1.54) is 12.8 Å². The zero-order chi connectivity index (χ0) is 15.1. The number of nitrogens with one attached hydrogen (secondary N) is 1. The van der Waals surface area contributed by atoms with Crippen LogP contribution in [0.3, 0.4) is 0 Å². The van der Waals surface area contributed by atoms with Crippen molar-refractivity contribution in [3.8, 4) is 0 Å². The van der Waals surface area contributed by atoms with E-state index in [0.717, 1.165) is 24.4 Å². The van der Waals surface area contributed by atoms with Gasteiger partial charge in [-0.2, -0.15) is 0 Å². The molecular formula is C16H24N2O2S. The van der Waals surface area contributed by atoms with Crippen LogP contribution >= 0.6 is 11.8 Å². The third kappa shape index (κ3) is 5.02. The van der Waals surface area contributed by atoms with E-state index < -0.39 is 0 Å². The lowest BCUT2D eigenvalue weighted by atomic mass is 10.0. The van der Waals surface area contributed by atoms with Gasteiger partial charge in [0.15, 0.2) is 0 Å². The molecule has 1 heterocycles. The Labute approximate surface area is 130 Å². The molecule has 2 rings (SSSR count). The Bertz CT molecular complexity index is 450. The fourth-order valence-electron chi connectivity index (χ4n) is 2.58.